The summed E-state index contributed by atoms with van der Waals surface area (Å²) in [6, 6.07) is 16.0. The van der Waals surface area contributed by atoms with Crippen molar-refractivity contribution in [1.82, 2.24) is 20.1 Å². The van der Waals surface area contributed by atoms with Crippen LogP contribution in [0.2, 0.25) is 0 Å². The van der Waals surface area contributed by atoms with Crippen LogP contribution in [0.5, 0.6) is 17.2 Å². The van der Waals surface area contributed by atoms with Gasteiger partial charge in [-0.2, -0.15) is 5.10 Å². The molecule has 3 heterocycles. The summed E-state index contributed by atoms with van der Waals surface area (Å²) in [5, 5.41) is 17.9. The summed E-state index contributed by atoms with van der Waals surface area (Å²) in [5.74, 6) is 1.52. The highest BCUT2D eigenvalue weighted by atomic mass is 16.5. The third-order valence-electron chi connectivity index (χ3n) is 6.17. The molecule has 0 fully saturated rings. The van der Waals surface area contributed by atoms with Crippen LogP contribution in [0.1, 0.15) is 47.1 Å². The quantitative estimate of drug-likeness (QED) is 0.366. The van der Waals surface area contributed by atoms with E-state index in [0.717, 1.165) is 11.1 Å². The predicted octanol–water partition coefficient (Wildman–Crippen LogP) is 4.97. The van der Waals surface area contributed by atoms with Gasteiger partial charge in [0.2, 0.25) is 0 Å². The Bertz CT molecular complexity index is 1380. The van der Waals surface area contributed by atoms with Gasteiger partial charge in [0.15, 0.2) is 11.5 Å². The lowest BCUT2D eigenvalue weighted by atomic mass is 9.95. The number of carbonyl (C=O) groups is 1. The minimum absolute atomic E-state index is 0.0960. The zero-order valence-corrected chi connectivity index (χ0v) is 20.4. The van der Waals surface area contributed by atoms with Crippen molar-refractivity contribution >= 4 is 5.91 Å². The fourth-order valence-corrected chi connectivity index (χ4v) is 4.50. The number of phenolic OH excluding ortho intramolecular Hbond substituents is 1. The summed E-state index contributed by atoms with van der Waals surface area (Å²) >= 11 is 0. The summed E-state index contributed by atoms with van der Waals surface area (Å²) < 4.78 is 11.6. The smallest absolute Gasteiger partial charge is 0.273 e. The Hall–Kier alpha value is -4.33. The van der Waals surface area contributed by atoms with Gasteiger partial charge in [-0.05, 0) is 47.4 Å². The Balaban J connectivity index is 1.63. The molecule has 1 amide bonds. The minimum atomic E-state index is -0.464. The molecule has 8 nitrogen and oxygen atoms in total. The Morgan fingerprint density at radius 3 is 2.67 bits per heavy atom. The van der Waals surface area contributed by atoms with E-state index in [1.54, 1.807) is 42.6 Å². The third kappa shape index (κ3) is 4.26. The van der Waals surface area contributed by atoms with E-state index in [9.17, 15) is 9.90 Å². The van der Waals surface area contributed by atoms with Crippen molar-refractivity contribution in [2.45, 2.75) is 26.4 Å². The first-order chi connectivity index (χ1) is 17.5. The van der Waals surface area contributed by atoms with E-state index in [2.05, 4.69) is 29.0 Å². The molecule has 1 unspecified atom stereocenters. The number of rotatable bonds is 8. The Labute approximate surface area is 209 Å². The number of para-hydroxylation sites is 1. The number of hydrogen-bond acceptors (Lipinski definition) is 6. The van der Waals surface area contributed by atoms with Crippen LogP contribution in [0.3, 0.4) is 0 Å². The number of nitrogens with zero attached hydrogens (tertiary/aromatic N) is 3. The Morgan fingerprint density at radius 2 is 1.94 bits per heavy atom. The normalized spacial score (nSPS) is 14.8. The van der Waals surface area contributed by atoms with Crippen molar-refractivity contribution in [3.05, 3.63) is 89.4 Å². The molecule has 0 bridgehead atoms. The maximum absolute atomic E-state index is 13.6. The predicted molar refractivity (Wildman–Crippen MR) is 135 cm³/mol. The van der Waals surface area contributed by atoms with E-state index in [1.807, 2.05) is 36.4 Å². The lowest BCUT2D eigenvalue weighted by Gasteiger charge is -2.27. The molecular formula is C28H28N4O4. The number of H-pyrrole nitrogens is 1. The summed E-state index contributed by atoms with van der Waals surface area (Å²) in [4.78, 5) is 19.6. The van der Waals surface area contributed by atoms with Crippen LogP contribution in [-0.4, -0.2) is 44.8 Å². The highest BCUT2D eigenvalue weighted by molar-refractivity contribution is 6.00. The zero-order valence-electron chi connectivity index (χ0n) is 20.4. The van der Waals surface area contributed by atoms with Gasteiger partial charge in [-0.25, -0.2) is 0 Å². The van der Waals surface area contributed by atoms with E-state index in [0.29, 0.717) is 53.1 Å². The molecule has 1 aliphatic rings. The molecule has 0 saturated heterocycles. The highest BCUT2D eigenvalue weighted by Crippen LogP contribution is 2.46. The van der Waals surface area contributed by atoms with E-state index in [1.165, 1.54) is 0 Å². The first-order valence-electron chi connectivity index (χ1n) is 11.8. The van der Waals surface area contributed by atoms with Gasteiger partial charge in [0.1, 0.15) is 17.1 Å². The number of aromatic amines is 1. The molecule has 36 heavy (non-hydrogen) atoms. The number of pyridine rings is 1. The average molecular weight is 485 g/mol. The number of aromatic nitrogens is 3. The summed E-state index contributed by atoms with van der Waals surface area (Å²) in [6.45, 7) is 5.09. The molecule has 0 spiro atoms. The van der Waals surface area contributed by atoms with Crippen LogP contribution in [-0.2, 0) is 6.54 Å². The summed E-state index contributed by atoms with van der Waals surface area (Å²) in [7, 11) is 1.60. The van der Waals surface area contributed by atoms with Crippen LogP contribution >= 0.6 is 0 Å². The Morgan fingerprint density at radius 1 is 1.11 bits per heavy atom. The van der Waals surface area contributed by atoms with Gasteiger partial charge in [0, 0.05) is 30.1 Å². The van der Waals surface area contributed by atoms with E-state index < -0.39 is 6.04 Å². The molecule has 1 aliphatic heterocycles. The Kier molecular flexibility index (Phi) is 6.33. The lowest BCUT2D eigenvalue weighted by Crippen LogP contribution is -2.29. The monoisotopic (exact) mass is 484 g/mol. The largest absolute Gasteiger partial charge is 0.507 e. The van der Waals surface area contributed by atoms with Gasteiger partial charge in [-0.3, -0.25) is 14.9 Å². The van der Waals surface area contributed by atoms with E-state index >= 15 is 0 Å². The number of carbonyl (C=O) groups excluding carboxylic acids is 1. The zero-order chi connectivity index (χ0) is 25.2. The number of fused-ring (bicyclic) bond motifs is 1. The number of benzene rings is 2. The molecule has 0 radical (unpaired) electrons. The molecule has 0 aliphatic carbocycles. The standard InChI is InChI=1S/C28H28N4O4/c1-17(2)16-36-22-11-10-19(13-23(22)35-3)27-24-25(20-8-4-5-9-21(20)33)30-31-26(24)28(34)32(27)15-18-7-6-12-29-14-18/h4-14,17,27,33H,15-16H2,1-3H3,(H,30,31). The van der Waals surface area contributed by atoms with Crippen molar-refractivity contribution < 1.29 is 19.4 Å². The van der Waals surface area contributed by atoms with Gasteiger partial charge in [-0.15, -0.1) is 0 Å². The SMILES string of the molecule is COc1cc(C2c3c(-c4ccccc4O)n[nH]c3C(=O)N2Cc2cccnc2)ccc1OCC(C)C. The average Bonchev–Trinajstić information content (AvgIpc) is 3.42. The molecule has 0 saturated carbocycles. The van der Waals surface area contributed by atoms with Gasteiger partial charge in [-0.1, -0.05) is 38.1 Å². The molecule has 8 heteroatoms. The third-order valence-corrected chi connectivity index (χ3v) is 6.17. The van der Waals surface area contributed by atoms with Crippen molar-refractivity contribution in [3.63, 3.8) is 0 Å². The minimum Gasteiger partial charge on any atom is -0.507 e. The maximum Gasteiger partial charge on any atom is 0.273 e. The molecule has 5 rings (SSSR count). The molecule has 4 aromatic rings. The first-order valence-corrected chi connectivity index (χ1v) is 11.8. The molecule has 2 aromatic heterocycles. The number of aromatic hydroxyl groups is 1. The molecule has 184 valence electrons. The molecule has 2 aromatic carbocycles. The lowest BCUT2D eigenvalue weighted by molar-refractivity contribution is 0.0729. The second-order valence-electron chi connectivity index (χ2n) is 9.19. The number of amides is 1. The van der Waals surface area contributed by atoms with Crippen LogP contribution in [0.15, 0.2) is 67.0 Å². The van der Waals surface area contributed by atoms with Crippen LogP contribution in [0.4, 0.5) is 0 Å². The van der Waals surface area contributed by atoms with Crippen LogP contribution < -0.4 is 9.47 Å². The number of methoxy groups -OCH3 is 1. The fraction of sp³-hybridized carbons (Fsp3) is 0.250. The van der Waals surface area contributed by atoms with Gasteiger partial charge in [0.25, 0.3) is 5.91 Å². The van der Waals surface area contributed by atoms with Crippen molar-refractivity contribution in [1.29, 1.82) is 0 Å². The van der Waals surface area contributed by atoms with Crippen LogP contribution in [0.25, 0.3) is 11.3 Å². The van der Waals surface area contributed by atoms with Crippen molar-refractivity contribution in [2.24, 2.45) is 5.92 Å². The van der Waals surface area contributed by atoms with Crippen LogP contribution in [0, 0.1) is 5.92 Å². The van der Waals surface area contributed by atoms with Crippen molar-refractivity contribution in [3.8, 4) is 28.5 Å². The maximum atomic E-state index is 13.6. The first kappa shape index (κ1) is 23.4. The highest BCUT2D eigenvalue weighted by Gasteiger charge is 2.42. The van der Waals surface area contributed by atoms with Gasteiger partial charge < -0.3 is 19.5 Å². The molecule has 1 atom stereocenters. The second-order valence-corrected chi connectivity index (χ2v) is 9.19. The summed E-state index contributed by atoms with van der Waals surface area (Å²) in [5.41, 5.74) is 3.96. The second kappa shape index (κ2) is 9.73. The molecular weight excluding hydrogens is 456 g/mol. The number of nitrogens with one attached hydrogen (secondary N) is 1. The van der Waals surface area contributed by atoms with E-state index in [-0.39, 0.29) is 11.7 Å². The van der Waals surface area contributed by atoms with Crippen molar-refractivity contribution in [2.75, 3.05) is 13.7 Å². The number of phenols is 1. The van der Waals surface area contributed by atoms with Gasteiger partial charge >= 0.3 is 0 Å². The fourth-order valence-electron chi connectivity index (χ4n) is 4.50. The topological polar surface area (TPSA) is 101 Å². The summed E-state index contributed by atoms with van der Waals surface area (Å²) in [6.07, 6.45) is 3.46. The molecule has 2 N–H and O–H groups in total. The van der Waals surface area contributed by atoms with E-state index in [4.69, 9.17) is 9.47 Å². The number of ether oxygens (including phenoxy) is 2. The van der Waals surface area contributed by atoms with Gasteiger partial charge in [0.05, 0.1) is 19.8 Å². The number of hydrogen-bond donors (Lipinski definition) is 2.